The molecule has 1 aromatic rings. The van der Waals surface area contributed by atoms with Crippen molar-refractivity contribution >= 4 is 5.69 Å². The lowest BCUT2D eigenvalue weighted by atomic mass is 9.96. The van der Waals surface area contributed by atoms with Crippen molar-refractivity contribution in [2.75, 3.05) is 24.6 Å². The maximum atomic E-state index is 9.16. The van der Waals surface area contributed by atoms with Crippen LogP contribution in [0.2, 0.25) is 0 Å². The Bertz CT molecular complexity index is 443. The molecule has 0 saturated carbocycles. The summed E-state index contributed by atoms with van der Waals surface area (Å²) in [6.07, 6.45) is 5.56. The Balaban J connectivity index is 1.86. The van der Waals surface area contributed by atoms with Crippen molar-refractivity contribution in [3.63, 3.8) is 0 Å². The molecule has 0 fully saturated rings. The molecule has 1 aliphatic heterocycles. The smallest absolute Gasteiger partial charge is 0.0608 e. The minimum absolute atomic E-state index is 0.0683. The van der Waals surface area contributed by atoms with E-state index in [4.69, 9.17) is 10.8 Å². The average molecular weight is 276 g/mol. The molecule has 3 N–H and O–H groups in total. The summed E-state index contributed by atoms with van der Waals surface area (Å²) in [5, 5.41) is 9.16. The predicted molar refractivity (Wildman–Crippen MR) is 85.2 cm³/mol. The first-order valence-corrected chi connectivity index (χ1v) is 7.76. The number of rotatable bonds is 6. The number of fused-ring (bicyclic) bond motifs is 1. The number of aryl methyl sites for hydroxylation is 2. The van der Waals surface area contributed by atoms with Gasteiger partial charge in [-0.2, -0.15) is 0 Å². The van der Waals surface area contributed by atoms with E-state index in [9.17, 15) is 0 Å². The molecule has 3 nitrogen and oxygen atoms in total. The van der Waals surface area contributed by atoms with Gasteiger partial charge in [-0.3, -0.25) is 0 Å². The molecule has 20 heavy (non-hydrogen) atoms. The molecule has 1 aromatic carbocycles. The number of anilines is 1. The van der Waals surface area contributed by atoms with Gasteiger partial charge in [0.25, 0.3) is 0 Å². The van der Waals surface area contributed by atoms with Crippen LogP contribution in [0.15, 0.2) is 18.2 Å². The molecule has 1 unspecified atom stereocenters. The Morgan fingerprint density at radius 1 is 1.35 bits per heavy atom. The Labute approximate surface area is 122 Å². The van der Waals surface area contributed by atoms with Crippen molar-refractivity contribution in [2.45, 2.75) is 51.5 Å². The third kappa shape index (κ3) is 3.97. The highest BCUT2D eigenvalue weighted by atomic mass is 16.3. The molecule has 0 radical (unpaired) electrons. The van der Waals surface area contributed by atoms with Crippen molar-refractivity contribution in [1.82, 2.24) is 0 Å². The quantitative estimate of drug-likeness (QED) is 0.785. The molecule has 0 aliphatic carbocycles. The first-order chi connectivity index (χ1) is 9.52. The predicted octanol–water partition coefficient (Wildman–Crippen LogP) is 2.63. The van der Waals surface area contributed by atoms with Crippen LogP contribution in [0.4, 0.5) is 5.69 Å². The number of unbranched alkanes of at least 4 members (excludes halogenated alkanes) is 1. The lowest BCUT2D eigenvalue weighted by Crippen LogP contribution is -2.40. The molecule has 0 aromatic heterocycles. The zero-order valence-corrected chi connectivity index (χ0v) is 12.9. The first-order valence-electron chi connectivity index (χ1n) is 7.76. The van der Waals surface area contributed by atoms with Gasteiger partial charge < -0.3 is 15.7 Å². The summed E-state index contributed by atoms with van der Waals surface area (Å²) in [6.45, 7) is 6.41. The maximum absolute atomic E-state index is 9.16. The van der Waals surface area contributed by atoms with Crippen LogP contribution < -0.4 is 10.6 Å². The molecule has 1 heterocycles. The molecule has 3 heteroatoms. The van der Waals surface area contributed by atoms with E-state index < -0.39 is 5.54 Å². The van der Waals surface area contributed by atoms with E-state index in [-0.39, 0.29) is 6.61 Å². The topological polar surface area (TPSA) is 49.5 Å². The van der Waals surface area contributed by atoms with Gasteiger partial charge in [0.1, 0.15) is 0 Å². The summed E-state index contributed by atoms with van der Waals surface area (Å²) in [6, 6.07) is 6.80. The van der Waals surface area contributed by atoms with Crippen LogP contribution in [0.25, 0.3) is 0 Å². The second-order valence-corrected chi connectivity index (χ2v) is 6.49. The number of benzene rings is 1. The van der Waals surface area contributed by atoms with Gasteiger partial charge in [-0.05, 0) is 57.6 Å². The third-order valence-electron chi connectivity index (χ3n) is 4.24. The number of hydrogen-bond donors (Lipinski definition) is 2. The highest BCUT2D eigenvalue weighted by Crippen LogP contribution is 2.28. The van der Waals surface area contributed by atoms with E-state index in [0.717, 1.165) is 32.4 Å². The number of aliphatic hydroxyl groups excluding tert-OH is 1. The van der Waals surface area contributed by atoms with Crippen molar-refractivity contribution in [3.05, 3.63) is 29.3 Å². The van der Waals surface area contributed by atoms with E-state index in [1.807, 2.05) is 6.92 Å². The van der Waals surface area contributed by atoms with E-state index in [1.165, 1.54) is 29.7 Å². The minimum Gasteiger partial charge on any atom is -0.394 e. The first kappa shape index (κ1) is 15.3. The SMILES string of the molecule is Cc1ccc2c(c1)CCCN2CCCCC(C)(N)CO. The van der Waals surface area contributed by atoms with Gasteiger partial charge in [0.15, 0.2) is 0 Å². The lowest BCUT2D eigenvalue weighted by molar-refractivity contribution is 0.197. The number of nitrogens with zero attached hydrogens (tertiary/aromatic N) is 1. The van der Waals surface area contributed by atoms with Gasteiger partial charge in [-0.25, -0.2) is 0 Å². The van der Waals surface area contributed by atoms with Gasteiger partial charge in [-0.15, -0.1) is 0 Å². The molecule has 0 spiro atoms. The fourth-order valence-corrected chi connectivity index (χ4v) is 2.95. The summed E-state index contributed by atoms with van der Waals surface area (Å²) in [7, 11) is 0. The summed E-state index contributed by atoms with van der Waals surface area (Å²) >= 11 is 0. The van der Waals surface area contributed by atoms with E-state index in [1.54, 1.807) is 0 Å². The number of nitrogens with two attached hydrogens (primary N) is 1. The molecular weight excluding hydrogens is 248 g/mol. The molecule has 0 amide bonds. The summed E-state index contributed by atoms with van der Waals surface area (Å²) < 4.78 is 0. The third-order valence-corrected chi connectivity index (χ3v) is 4.24. The molecular formula is C17H28N2O. The Morgan fingerprint density at radius 3 is 2.90 bits per heavy atom. The van der Waals surface area contributed by atoms with Crippen LogP contribution in [0.5, 0.6) is 0 Å². The van der Waals surface area contributed by atoms with Crippen LogP contribution in [0.3, 0.4) is 0 Å². The number of hydrogen-bond acceptors (Lipinski definition) is 3. The normalized spacial score (nSPS) is 17.7. The Hall–Kier alpha value is -1.06. The monoisotopic (exact) mass is 276 g/mol. The average Bonchev–Trinajstić information content (AvgIpc) is 2.43. The van der Waals surface area contributed by atoms with Crippen molar-refractivity contribution in [1.29, 1.82) is 0 Å². The van der Waals surface area contributed by atoms with Crippen LogP contribution >= 0.6 is 0 Å². The van der Waals surface area contributed by atoms with Crippen LogP contribution in [-0.4, -0.2) is 30.3 Å². The minimum atomic E-state index is -0.420. The summed E-state index contributed by atoms with van der Waals surface area (Å²) in [5.74, 6) is 0. The molecule has 2 rings (SSSR count). The fraction of sp³-hybridized carbons (Fsp3) is 0.647. The fourth-order valence-electron chi connectivity index (χ4n) is 2.95. The van der Waals surface area contributed by atoms with E-state index in [0.29, 0.717) is 0 Å². The summed E-state index contributed by atoms with van der Waals surface area (Å²) in [4.78, 5) is 2.51. The van der Waals surface area contributed by atoms with Gasteiger partial charge in [-0.1, -0.05) is 17.7 Å². The van der Waals surface area contributed by atoms with Gasteiger partial charge in [0.05, 0.1) is 6.61 Å². The van der Waals surface area contributed by atoms with Gasteiger partial charge in [0.2, 0.25) is 0 Å². The molecule has 0 saturated heterocycles. The largest absolute Gasteiger partial charge is 0.394 e. The highest BCUT2D eigenvalue weighted by molar-refractivity contribution is 5.56. The second-order valence-electron chi connectivity index (χ2n) is 6.49. The number of aliphatic hydroxyl groups is 1. The Morgan fingerprint density at radius 2 is 2.15 bits per heavy atom. The van der Waals surface area contributed by atoms with Gasteiger partial charge >= 0.3 is 0 Å². The summed E-state index contributed by atoms with van der Waals surface area (Å²) in [5.41, 5.74) is 9.81. The highest BCUT2D eigenvalue weighted by Gasteiger charge is 2.18. The van der Waals surface area contributed by atoms with Crippen molar-refractivity contribution in [3.8, 4) is 0 Å². The Kier molecular flexibility index (Phi) is 5.06. The van der Waals surface area contributed by atoms with Gasteiger partial charge in [0, 0.05) is 24.3 Å². The van der Waals surface area contributed by atoms with Crippen molar-refractivity contribution < 1.29 is 5.11 Å². The molecule has 0 bridgehead atoms. The van der Waals surface area contributed by atoms with Crippen LogP contribution in [-0.2, 0) is 6.42 Å². The maximum Gasteiger partial charge on any atom is 0.0608 e. The standard InChI is InChI=1S/C17H28N2O/c1-14-7-8-16-15(12-14)6-5-11-19(16)10-4-3-9-17(2,18)13-20/h7-8,12,20H,3-6,9-11,13,18H2,1-2H3. The zero-order valence-electron chi connectivity index (χ0n) is 12.9. The van der Waals surface area contributed by atoms with Crippen molar-refractivity contribution in [2.24, 2.45) is 5.73 Å². The second kappa shape index (κ2) is 6.59. The van der Waals surface area contributed by atoms with E-state index in [2.05, 4.69) is 30.0 Å². The van der Waals surface area contributed by atoms with Crippen LogP contribution in [0.1, 0.15) is 43.7 Å². The molecule has 1 atom stereocenters. The molecule has 1 aliphatic rings. The lowest BCUT2D eigenvalue weighted by Gasteiger charge is -2.32. The molecule has 112 valence electrons. The van der Waals surface area contributed by atoms with Crippen LogP contribution in [0, 0.1) is 6.92 Å². The zero-order chi connectivity index (χ0) is 14.6. The van der Waals surface area contributed by atoms with E-state index >= 15 is 0 Å².